The largest absolute Gasteiger partial charge is 0.479 e. The molecule has 0 saturated heterocycles. The summed E-state index contributed by atoms with van der Waals surface area (Å²) in [5, 5.41) is 12.8. The van der Waals surface area contributed by atoms with Crippen LogP contribution in [0.15, 0.2) is 47.6 Å². The van der Waals surface area contributed by atoms with Crippen molar-refractivity contribution in [3.63, 3.8) is 0 Å². The van der Waals surface area contributed by atoms with E-state index in [2.05, 4.69) is 10.5 Å². The molecule has 0 aromatic heterocycles. The molecule has 2 aromatic carbocycles. The fraction of sp³-hybridized carbons (Fsp3) is 0.211. The van der Waals surface area contributed by atoms with Gasteiger partial charge in [0.25, 0.3) is 5.91 Å². The Bertz CT molecular complexity index is 1050. The van der Waals surface area contributed by atoms with Crippen molar-refractivity contribution in [2.24, 2.45) is 5.10 Å². The molecule has 0 spiro atoms. The van der Waals surface area contributed by atoms with Crippen molar-refractivity contribution in [3.8, 4) is 11.8 Å². The van der Waals surface area contributed by atoms with Gasteiger partial charge in [0.05, 0.1) is 18.2 Å². The first-order chi connectivity index (χ1) is 13.7. The van der Waals surface area contributed by atoms with Crippen LogP contribution in [0.2, 0.25) is 5.02 Å². The van der Waals surface area contributed by atoms with Crippen molar-refractivity contribution < 1.29 is 17.9 Å². The molecule has 0 fully saturated rings. The average molecular weight is 435 g/mol. The molecule has 2 rings (SSSR count). The first-order valence-electron chi connectivity index (χ1n) is 8.36. The Morgan fingerprint density at radius 2 is 2.00 bits per heavy atom. The molecule has 0 heterocycles. The van der Waals surface area contributed by atoms with Crippen LogP contribution < -0.4 is 14.5 Å². The smallest absolute Gasteiger partial charge is 0.260 e. The predicted octanol–water partition coefficient (Wildman–Crippen LogP) is 2.47. The van der Waals surface area contributed by atoms with E-state index >= 15 is 0 Å². The number of carbonyl (C=O) groups is 1. The Kier molecular flexibility index (Phi) is 7.59. The van der Waals surface area contributed by atoms with Gasteiger partial charge in [-0.15, -0.1) is 0 Å². The van der Waals surface area contributed by atoms with E-state index in [1.165, 1.54) is 6.21 Å². The van der Waals surface area contributed by atoms with Crippen LogP contribution in [0.3, 0.4) is 0 Å². The number of hydrogen-bond acceptors (Lipinski definition) is 6. The molecule has 29 heavy (non-hydrogen) atoms. The highest BCUT2D eigenvalue weighted by molar-refractivity contribution is 7.92. The van der Waals surface area contributed by atoms with Crippen LogP contribution in [0.4, 0.5) is 5.69 Å². The van der Waals surface area contributed by atoms with Crippen LogP contribution in [-0.4, -0.2) is 39.9 Å². The fourth-order valence-electron chi connectivity index (χ4n) is 2.39. The number of nitrogens with zero attached hydrogens (tertiary/aromatic N) is 3. The standard InChI is InChI=1S/C19H19ClN4O4S/c1-14-11-16(20)5-8-18(14)24(29(2,26)27)13-19(25)23-22-12-15-3-6-17(7-4-15)28-10-9-21/h3-8,11-12H,10,13H2,1-2H3,(H,23,25)/b22-12-. The average Bonchev–Trinajstić information content (AvgIpc) is 2.65. The number of hydrazone groups is 1. The van der Waals surface area contributed by atoms with E-state index in [0.29, 0.717) is 27.6 Å². The normalized spacial score (nSPS) is 11.1. The molecule has 0 aliphatic rings. The number of halogens is 1. The Morgan fingerprint density at radius 3 is 2.59 bits per heavy atom. The highest BCUT2D eigenvalue weighted by atomic mass is 35.5. The van der Waals surface area contributed by atoms with Gasteiger partial charge in [0.15, 0.2) is 6.61 Å². The molecule has 10 heteroatoms. The fourth-order valence-corrected chi connectivity index (χ4v) is 3.53. The molecule has 0 aliphatic heterocycles. The van der Waals surface area contributed by atoms with E-state index in [0.717, 1.165) is 10.6 Å². The summed E-state index contributed by atoms with van der Waals surface area (Å²) in [6.07, 6.45) is 2.43. The summed E-state index contributed by atoms with van der Waals surface area (Å²) in [6, 6.07) is 13.3. The predicted molar refractivity (Wildman–Crippen MR) is 112 cm³/mol. The van der Waals surface area contributed by atoms with Gasteiger partial charge in [-0.2, -0.15) is 10.4 Å². The number of amides is 1. The van der Waals surface area contributed by atoms with Crippen molar-refractivity contribution in [1.82, 2.24) is 5.43 Å². The lowest BCUT2D eigenvalue weighted by molar-refractivity contribution is -0.119. The van der Waals surface area contributed by atoms with E-state index < -0.39 is 22.5 Å². The minimum absolute atomic E-state index is 0.0482. The molecule has 0 unspecified atom stereocenters. The summed E-state index contributed by atoms with van der Waals surface area (Å²) in [7, 11) is -3.70. The number of benzene rings is 2. The molecule has 0 bridgehead atoms. The maximum Gasteiger partial charge on any atom is 0.260 e. The van der Waals surface area contributed by atoms with Gasteiger partial charge >= 0.3 is 0 Å². The highest BCUT2D eigenvalue weighted by Crippen LogP contribution is 2.25. The maximum absolute atomic E-state index is 12.2. The van der Waals surface area contributed by atoms with Crippen molar-refractivity contribution in [1.29, 1.82) is 5.26 Å². The molecule has 0 saturated carbocycles. The van der Waals surface area contributed by atoms with E-state index in [4.69, 9.17) is 21.6 Å². The summed E-state index contributed by atoms with van der Waals surface area (Å²) in [6.45, 7) is 1.23. The monoisotopic (exact) mass is 434 g/mol. The summed E-state index contributed by atoms with van der Waals surface area (Å²) < 4.78 is 30.4. The zero-order valence-electron chi connectivity index (χ0n) is 15.8. The minimum atomic E-state index is -3.70. The molecule has 0 aliphatic carbocycles. The maximum atomic E-state index is 12.2. The third-order valence-corrected chi connectivity index (χ3v) is 5.06. The molecule has 2 aromatic rings. The molecule has 8 nitrogen and oxygen atoms in total. The second-order valence-electron chi connectivity index (χ2n) is 6.01. The SMILES string of the molecule is Cc1cc(Cl)ccc1N(CC(=O)N/N=C\c1ccc(OCC#N)cc1)S(C)(=O)=O. The van der Waals surface area contributed by atoms with Crippen molar-refractivity contribution in [2.45, 2.75) is 6.92 Å². The lowest BCUT2D eigenvalue weighted by Crippen LogP contribution is -2.39. The van der Waals surface area contributed by atoms with Crippen molar-refractivity contribution >= 4 is 39.4 Å². The van der Waals surface area contributed by atoms with Crippen LogP contribution in [0, 0.1) is 18.3 Å². The van der Waals surface area contributed by atoms with Gasteiger partial charge in [0.1, 0.15) is 18.4 Å². The zero-order valence-corrected chi connectivity index (χ0v) is 17.4. The third kappa shape index (κ3) is 6.78. The number of aryl methyl sites for hydroxylation is 1. The van der Waals surface area contributed by atoms with Gasteiger partial charge in [-0.25, -0.2) is 13.8 Å². The summed E-state index contributed by atoms with van der Waals surface area (Å²) in [5.41, 5.74) is 3.98. The molecule has 0 atom stereocenters. The van der Waals surface area contributed by atoms with Crippen LogP contribution in [0.1, 0.15) is 11.1 Å². The molecule has 1 amide bonds. The van der Waals surface area contributed by atoms with Crippen molar-refractivity contribution in [3.05, 3.63) is 58.6 Å². The Balaban J connectivity index is 2.03. The zero-order chi connectivity index (χ0) is 21.4. The van der Waals surface area contributed by atoms with Gasteiger partial charge in [-0.1, -0.05) is 11.6 Å². The number of sulfonamides is 1. The lowest BCUT2D eigenvalue weighted by Gasteiger charge is -2.23. The van der Waals surface area contributed by atoms with Crippen LogP contribution in [-0.2, 0) is 14.8 Å². The van der Waals surface area contributed by atoms with Gasteiger partial charge in [-0.05, 0) is 60.5 Å². The number of ether oxygens (including phenoxy) is 1. The first kappa shape index (κ1) is 22.2. The van der Waals surface area contributed by atoms with E-state index in [9.17, 15) is 13.2 Å². The second kappa shape index (κ2) is 9.91. The van der Waals surface area contributed by atoms with E-state index in [1.807, 2.05) is 6.07 Å². The number of anilines is 1. The van der Waals surface area contributed by atoms with Crippen LogP contribution >= 0.6 is 11.6 Å². The Morgan fingerprint density at radius 1 is 1.31 bits per heavy atom. The topological polar surface area (TPSA) is 112 Å². The number of rotatable bonds is 8. The number of carbonyl (C=O) groups excluding carboxylic acids is 1. The quantitative estimate of drug-likeness (QED) is 0.506. The van der Waals surface area contributed by atoms with Gasteiger partial charge in [0, 0.05) is 5.02 Å². The van der Waals surface area contributed by atoms with E-state index in [1.54, 1.807) is 49.4 Å². The summed E-state index contributed by atoms with van der Waals surface area (Å²) in [4.78, 5) is 12.2. The lowest BCUT2D eigenvalue weighted by atomic mass is 10.2. The third-order valence-electron chi connectivity index (χ3n) is 3.70. The van der Waals surface area contributed by atoms with Crippen molar-refractivity contribution in [2.75, 3.05) is 23.7 Å². The van der Waals surface area contributed by atoms with E-state index in [-0.39, 0.29) is 6.61 Å². The molecule has 0 radical (unpaired) electrons. The van der Waals surface area contributed by atoms with Crippen LogP contribution in [0.25, 0.3) is 0 Å². The van der Waals surface area contributed by atoms with Gasteiger partial charge in [0.2, 0.25) is 10.0 Å². The summed E-state index contributed by atoms with van der Waals surface area (Å²) in [5.74, 6) is -0.0649. The van der Waals surface area contributed by atoms with Crippen LogP contribution in [0.5, 0.6) is 5.75 Å². The number of hydrogen-bond donors (Lipinski definition) is 1. The molecular formula is C19H19ClN4O4S. The second-order valence-corrected chi connectivity index (χ2v) is 8.35. The molecule has 152 valence electrons. The minimum Gasteiger partial charge on any atom is -0.479 e. The molecule has 1 N–H and O–H groups in total. The summed E-state index contributed by atoms with van der Waals surface area (Å²) >= 11 is 5.91. The first-order valence-corrected chi connectivity index (χ1v) is 10.6. The Labute approximate surface area is 174 Å². The number of nitrogens with one attached hydrogen (secondary N) is 1. The van der Waals surface area contributed by atoms with Gasteiger partial charge < -0.3 is 4.74 Å². The number of nitriles is 1. The molecular weight excluding hydrogens is 416 g/mol. The van der Waals surface area contributed by atoms with Gasteiger partial charge in [-0.3, -0.25) is 9.10 Å². The highest BCUT2D eigenvalue weighted by Gasteiger charge is 2.22. The Hall–Kier alpha value is -3.09.